The molecule has 98 valence electrons. The van der Waals surface area contributed by atoms with Crippen LogP contribution in [0.3, 0.4) is 0 Å². The van der Waals surface area contributed by atoms with Crippen molar-refractivity contribution in [1.29, 1.82) is 0 Å². The number of benzene rings is 1. The molecule has 3 nitrogen and oxygen atoms in total. The van der Waals surface area contributed by atoms with Crippen LogP contribution in [0.5, 0.6) is 0 Å². The highest BCUT2D eigenvalue weighted by Gasteiger charge is 2.02. The van der Waals surface area contributed by atoms with Crippen molar-refractivity contribution in [2.24, 2.45) is 5.73 Å². The van der Waals surface area contributed by atoms with Gasteiger partial charge < -0.3 is 10.5 Å². The van der Waals surface area contributed by atoms with Crippen LogP contribution in [-0.2, 0) is 16.1 Å². The van der Waals surface area contributed by atoms with Crippen molar-refractivity contribution in [3.8, 4) is 0 Å². The van der Waals surface area contributed by atoms with Crippen LogP contribution in [0.1, 0.15) is 40.1 Å². The van der Waals surface area contributed by atoms with Gasteiger partial charge in [-0.1, -0.05) is 44.2 Å². The molecule has 0 heterocycles. The molecule has 3 heteroatoms. The molecule has 0 amide bonds. The molecule has 1 aromatic carbocycles. The molecule has 0 saturated heterocycles. The first-order chi connectivity index (χ1) is 8.33. The van der Waals surface area contributed by atoms with Crippen LogP contribution in [0.25, 0.3) is 0 Å². The maximum absolute atomic E-state index is 11.2. The van der Waals surface area contributed by atoms with Gasteiger partial charge in [-0.15, -0.1) is 0 Å². The van der Waals surface area contributed by atoms with Crippen molar-refractivity contribution < 1.29 is 11.0 Å². The highest BCUT2D eigenvalue weighted by Crippen LogP contribution is 2.03. The third kappa shape index (κ3) is 8.46. The van der Waals surface area contributed by atoms with Crippen molar-refractivity contribution in [2.45, 2.75) is 39.7 Å². The second kappa shape index (κ2) is 11.1. The average molecular weight is 239 g/mol. The van der Waals surface area contributed by atoms with Gasteiger partial charge in [-0.25, -0.2) is 0 Å². The van der Waals surface area contributed by atoms with Gasteiger partial charge in [0, 0.05) is 7.85 Å². The Kier molecular flexibility index (Phi) is 10.3. The van der Waals surface area contributed by atoms with Gasteiger partial charge >= 0.3 is 5.97 Å². The van der Waals surface area contributed by atoms with Gasteiger partial charge in [0.2, 0.25) is 0 Å². The minimum atomic E-state index is -0.146. The molecule has 0 bridgehead atoms. The Hall–Kier alpha value is -1.35. The monoisotopic (exact) mass is 239 g/mol. The zero-order chi connectivity index (χ0) is 12.9. The van der Waals surface area contributed by atoms with E-state index in [2.05, 4.69) is 0 Å². The molecule has 0 aliphatic heterocycles. The van der Waals surface area contributed by atoms with E-state index in [1.165, 1.54) is 0 Å². The van der Waals surface area contributed by atoms with Gasteiger partial charge in [-0.2, -0.15) is 0 Å². The van der Waals surface area contributed by atoms with E-state index in [0.29, 0.717) is 19.6 Å². The van der Waals surface area contributed by atoms with E-state index < -0.39 is 0 Å². The van der Waals surface area contributed by atoms with Crippen molar-refractivity contribution in [1.82, 2.24) is 0 Å². The zero-order valence-corrected chi connectivity index (χ0v) is 10.8. The van der Waals surface area contributed by atoms with Crippen LogP contribution < -0.4 is 5.73 Å². The standard InChI is InChI=1S/C12H17NO2.C2H6.H2/c13-9-5-4-8-12(14)15-10-11-6-2-1-3-7-11;1-2;/h1-3,6-7H,4-5,8-10,13H2;1-2H3;1H. The molecule has 0 saturated carbocycles. The van der Waals surface area contributed by atoms with Crippen LogP contribution in [0.2, 0.25) is 0 Å². The summed E-state index contributed by atoms with van der Waals surface area (Å²) in [5.41, 5.74) is 6.35. The lowest BCUT2D eigenvalue weighted by Crippen LogP contribution is -2.06. The van der Waals surface area contributed by atoms with Gasteiger partial charge in [-0.05, 0) is 24.9 Å². The van der Waals surface area contributed by atoms with Crippen molar-refractivity contribution in [3.05, 3.63) is 35.9 Å². The molecule has 1 aromatic rings. The number of hydrogen-bond donors (Lipinski definition) is 1. The van der Waals surface area contributed by atoms with E-state index in [4.69, 9.17) is 10.5 Å². The highest BCUT2D eigenvalue weighted by atomic mass is 16.5. The number of rotatable bonds is 6. The highest BCUT2D eigenvalue weighted by molar-refractivity contribution is 5.69. The summed E-state index contributed by atoms with van der Waals surface area (Å²) in [6, 6.07) is 9.67. The molecule has 0 atom stereocenters. The molecule has 0 fully saturated rings. The average Bonchev–Trinajstić information content (AvgIpc) is 2.40. The van der Waals surface area contributed by atoms with Gasteiger partial charge in [0.1, 0.15) is 6.61 Å². The van der Waals surface area contributed by atoms with Gasteiger partial charge in [0.25, 0.3) is 0 Å². The SMILES string of the molecule is CC.NCCCCC(=O)OCc1ccccc1.[HH]. The summed E-state index contributed by atoms with van der Waals surface area (Å²) < 4.78 is 5.09. The summed E-state index contributed by atoms with van der Waals surface area (Å²) in [6.45, 7) is 4.99. The van der Waals surface area contributed by atoms with Crippen LogP contribution in [0.4, 0.5) is 0 Å². The summed E-state index contributed by atoms with van der Waals surface area (Å²) in [6.07, 6.45) is 2.15. The van der Waals surface area contributed by atoms with E-state index in [-0.39, 0.29) is 7.40 Å². The Morgan fingerprint density at radius 3 is 2.47 bits per heavy atom. The van der Waals surface area contributed by atoms with Gasteiger partial charge in [-0.3, -0.25) is 4.79 Å². The molecule has 17 heavy (non-hydrogen) atoms. The van der Waals surface area contributed by atoms with E-state index >= 15 is 0 Å². The Balaban J connectivity index is 0. The van der Waals surface area contributed by atoms with E-state index in [9.17, 15) is 4.79 Å². The number of hydrogen-bond acceptors (Lipinski definition) is 3. The summed E-state index contributed by atoms with van der Waals surface area (Å²) in [4.78, 5) is 11.2. The minimum Gasteiger partial charge on any atom is -0.461 e. The van der Waals surface area contributed by atoms with Crippen molar-refractivity contribution in [3.63, 3.8) is 0 Å². The zero-order valence-electron chi connectivity index (χ0n) is 10.8. The normalized spacial score (nSPS) is 9.12. The number of carbonyl (C=O) groups is 1. The van der Waals surface area contributed by atoms with Crippen LogP contribution in [0.15, 0.2) is 30.3 Å². The Labute approximate surface area is 105 Å². The van der Waals surface area contributed by atoms with Gasteiger partial charge in [0.05, 0.1) is 0 Å². The van der Waals surface area contributed by atoms with Crippen LogP contribution in [0, 0.1) is 0 Å². The summed E-state index contributed by atoms with van der Waals surface area (Å²) in [7, 11) is 0. The lowest BCUT2D eigenvalue weighted by atomic mass is 10.2. The Morgan fingerprint density at radius 1 is 1.24 bits per heavy atom. The maximum atomic E-state index is 11.2. The first-order valence-electron chi connectivity index (χ1n) is 6.22. The molecule has 1 rings (SSSR count). The number of esters is 1. The fourth-order valence-electron chi connectivity index (χ4n) is 1.22. The molecule has 2 N–H and O–H groups in total. The number of unbranched alkanes of at least 4 members (excludes halogenated alkanes) is 1. The Bertz CT molecular complexity index is 291. The fourth-order valence-corrected chi connectivity index (χ4v) is 1.22. The first kappa shape index (κ1) is 15.7. The third-order valence-corrected chi connectivity index (χ3v) is 2.08. The fraction of sp³-hybridized carbons (Fsp3) is 0.500. The molecule has 0 spiro atoms. The largest absolute Gasteiger partial charge is 0.461 e. The van der Waals surface area contributed by atoms with Crippen molar-refractivity contribution in [2.75, 3.05) is 6.54 Å². The predicted octanol–water partition coefficient (Wildman–Crippen LogP) is 3.13. The second-order valence-corrected chi connectivity index (χ2v) is 3.39. The molecule has 0 radical (unpaired) electrons. The van der Waals surface area contributed by atoms with E-state index in [1.807, 2.05) is 44.2 Å². The Morgan fingerprint density at radius 2 is 1.88 bits per heavy atom. The molecule has 0 aliphatic rings. The molecular formula is C14H25NO2. The summed E-state index contributed by atoms with van der Waals surface area (Å²) >= 11 is 0. The number of nitrogens with two attached hydrogens (primary N) is 1. The quantitative estimate of drug-likeness (QED) is 0.613. The molecule has 0 unspecified atom stereocenters. The number of ether oxygens (including phenoxy) is 1. The lowest BCUT2D eigenvalue weighted by Gasteiger charge is -2.04. The van der Waals surface area contributed by atoms with E-state index in [1.54, 1.807) is 0 Å². The van der Waals surface area contributed by atoms with Crippen LogP contribution in [-0.4, -0.2) is 12.5 Å². The number of carbonyl (C=O) groups excluding carboxylic acids is 1. The summed E-state index contributed by atoms with van der Waals surface area (Å²) in [5, 5.41) is 0. The smallest absolute Gasteiger partial charge is 0.306 e. The molecule has 0 aromatic heterocycles. The topological polar surface area (TPSA) is 52.3 Å². The van der Waals surface area contributed by atoms with E-state index in [0.717, 1.165) is 18.4 Å². The second-order valence-electron chi connectivity index (χ2n) is 3.39. The minimum absolute atomic E-state index is 0. The third-order valence-electron chi connectivity index (χ3n) is 2.08. The molecular weight excluding hydrogens is 214 g/mol. The maximum Gasteiger partial charge on any atom is 0.306 e. The molecule has 0 aliphatic carbocycles. The summed E-state index contributed by atoms with van der Waals surface area (Å²) in [5.74, 6) is -0.146. The predicted molar refractivity (Wildman–Crippen MR) is 72.6 cm³/mol. The first-order valence-corrected chi connectivity index (χ1v) is 6.22. The van der Waals surface area contributed by atoms with Gasteiger partial charge in [0.15, 0.2) is 0 Å². The van der Waals surface area contributed by atoms with Crippen LogP contribution >= 0.6 is 0 Å². The lowest BCUT2D eigenvalue weighted by molar-refractivity contribution is -0.145. The van der Waals surface area contributed by atoms with Crippen molar-refractivity contribution >= 4 is 5.97 Å².